The number of piperidine rings is 1. The van der Waals surface area contributed by atoms with E-state index in [1.165, 1.54) is 5.56 Å². The van der Waals surface area contributed by atoms with Gasteiger partial charge in [-0.05, 0) is 24.1 Å². The van der Waals surface area contributed by atoms with Crippen molar-refractivity contribution < 1.29 is 0 Å². The molecule has 1 aliphatic rings. The summed E-state index contributed by atoms with van der Waals surface area (Å²) in [5, 5.41) is 13.3. The molecule has 23 heavy (non-hydrogen) atoms. The first-order valence-corrected chi connectivity index (χ1v) is 8.23. The summed E-state index contributed by atoms with van der Waals surface area (Å²) in [4.78, 5) is 2.45. The summed E-state index contributed by atoms with van der Waals surface area (Å²) in [5.74, 6) is 0.269. The van der Waals surface area contributed by atoms with Crippen molar-refractivity contribution in [2.75, 3.05) is 18.4 Å². The van der Waals surface area contributed by atoms with Crippen LogP contribution in [-0.4, -0.2) is 23.5 Å². The SMILES string of the molecule is C[C@@H]1CN(Cc2ccccc2)CC[C@]1(C#N)Nc1ccccc1. The molecule has 2 aromatic carbocycles. The van der Waals surface area contributed by atoms with Crippen LogP contribution in [0.4, 0.5) is 5.69 Å². The molecule has 1 N–H and O–H groups in total. The predicted molar refractivity (Wildman–Crippen MR) is 93.9 cm³/mol. The summed E-state index contributed by atoms with van der Waals surface area (Å²) in [6.45, 7) is 5.00. The Morgan fingerprint density at radius 1 is 1.13 bits per heavy atom. The summed E-state index contributed by atoms with van der Waals surface area (Å²) in [5.41, 5.74) is 1.88. The van der Waals surface area contributed by atoms with Crippen molar-refractivity contribution >= 4 is 5.69 Å². The van der Waals surface area contributed by atoms with Gasteiger partial charge in [-0.15, -0.1) is 0 Å². The molecule has 0 aliphatic carbocycles. The van der Waals surface area contributed by atoms with Crippen molar-refractivity contribution in [3.05, 3.63) is 66.2 Å². The highest BCUT2D eigenvalue weighted by atomic mass is 15.2. The summed E-state index contributed by atoms with van der Waals surface area (Å²) in [6, 6.07) is 23.2. The molecule has 2 atom stereocenters. The maximum absolute atomic E-state index is 9.82. The molecule has 118 valence electrons. The summed E-state index contributed by atoms with van der Waals surface area (Å²) in [6.07, 6.45) is 0.840. The second kappa shape index (κ2) is 6.85. The van der Waals surface area contributed by atoms with Gasteiger partial charge in [-0.1, -0.05) is 55.5 Å². The lowest BCUT2D eigenvalue weighted by molar-refractivity contribution is 0.138. The molecular weight excluding hydrogens is 282 g/mol. The average molecular weight is 305 g/mol. The minimum Gasteiger partial charge on any atom is -0.367 e. The fraction of sp³-hybridized carbons (Fsp3) is 0.350. The molecule has 2 aromatic rings. The van der Waals surface area contributed by atoms with Gasteiger partial charge in [0, 0.05) is 31.2 Å². The van der Waals surface area contributed by atoms with Crippen molar-refractivity contribution in [3.63, 3.8) is 0 Å². The summed E-state index contributed by atoms with van der Waals surface area (Å²) in [7, 11) is 0. The number of hydrogen-bond donors (Lipinski definition) is 1. The van der Waals surface area contributed by atoms with Crippen molar-refractivity contribution in [1.29, 1.82) is 5.26 Å². The Morgan fingerprint density at radius 3 is 2.39 bits per heavy atom. The molecule has 1 saturated heterocycles. The Hall–Kier alpha value is -2.31. The molecule has 3 rings (SSSR count). The monoisotopic (exact) mass is 305 g/mol. The number of para-hydroxylation sites is 1. The van der Waals surface area contributed by atoms with Crippen molar-refractivity contribution in [2.45, 2.75) is 25.4 Å². The predicted octanol–water partition coefficient (Wildman–Crippen LogP) is 3.90. The van der Waals surface area contributed by atoms with E-state index < -0.39 is 5.54 Å². The van der Waals surface area contributed by atoms with Gasteiger partial charge in [0.25, 0.3) is 0 Å². The van der Waals surface area contributed by atoms with E-state index in [-0.39, 0.29) is 5.92 Å². The highest BCUT2D eigenvalue weighted by Gasteiger charge is 2.40. The van der Waals surface area contributed by atoms with Gasteiger partial charge in [-0.25, -0.2) is 0 Å². The largest absolute Gasteiger partial charge is 0.367 e. The second-order valence-corrected chi connectivity index (χ2v) is 6.45. The van der Waals surface area contributed by atoms with E-state index in [1.54, 1.807) is 0 Å². The molecule has 0 bridgehead atoms. The van der Waals surface area contributed by atoms with E-state index in [4.69, 9.17) is 0 Å². The minimum absolute atomic E-state index is 0.269. The first kappa shape index (κ1) is 15.6. The van der Waals surface area contributed by atoms with E-state index in [1.807, 2.05) is 36.4 Å². The van der Waals surface area contributed by atoms with Crippen LogP contribution >= 0.6 is 0 Å². The number of likely N-dealkylation sites (tertiary alicyclic amines) is 1. The first-order chi connectivity index (χ1) is 11.2. The Bertz CT molecular complexity index is 662. The Kier molecular flexibility index (Phi) is 4.64. The van der Waals surface area contributed by atoms with Crippen molar-refractivity contribution in [1.82, 2.24) is 4.90 Å². The van der Waals surface area contributed by atoms with Gasteiger partial charge >= 0.3 is 0 Å². The third kappa shape index (κ3) is 3.55. The number of hydrogen-bond acceptors (Lipinski definition) is 3. The maximum atomic E-state index is 9.82. The molecule has 1 fully saturated rings. The Labute approximate surface area is 138 Å². The molecule has 0 saturated carbocycles. The molecule has 1 heterocycles. The van der Waals surface area contributed by atoms with Crippen LogP contribution in [0.15, 0.2) is 60.7 Å². The molecule has 1 aliphatic heterocycles. The minimum atomic E-state index is -0.478. The molecule has 0 unspecified atom stereocenters. The van der Waals surface area contributed by atoms with E-state index >= 15 is 0 Å². The van der Waals surface area contributed by atoms with E-state index in [9.17, 15) is 5.26 Å². The molecule has 0 spiro atoms. The molecule has 0 amide bonds. The van der Waals surface area contributed by atoms with Crippen molar-refractivity contribution in [3.8, 4) is 6.07 Å². The standard InChI is InChI=1S/C20H23N3/c1-17-14-23(15-18-8-4-2-5-9-18)13-12-20(17,16-21)22-19-10-6-3-7-11-19/h2-11,17,22H,12-15H2,1H3/t17-,20-/m1/s1. The Balaban J connectivity index is 1.68. The van der Waals surface area contributed by atoms with Gasteiger partial charge < -0.3 is 5.32 Å². The topological polar surface area (TPSA) is 39.1 Å². The molecule has 3 heteroatoms. The molecule has 0 radical (unpaired) electrons. The van der Waals surface area contributed by atoms with Crippen LogP contribution in [0.3, 0.4) is 0 Å². The second-order valence-electron chi connectivity index (χ2n) is 6.45. The fourth-order valence-electron chi connectivity index (χ4n) is 3.36. The number of nitrogens with zero attached hydrogens (tertiary/aromatic N) is 2. The van der Waals surface area contributed by atoms with Crippen LogP contribution in [0.25, 0.3) is 0 Å². The highest BCUT2D eigenvalue weighted by Crippen LogP contribution is 2.31. The van der Waals surface area contributed by atoms with Crippen LogP contribution in [-0.2, 0) is 6.54 Å². The maximum Gasteiger partial charge on any atom is 0.130 e. The molecular formula is C20H23N3. The zero-order valence-electron chi connectivity index (χ0n) is 13.6. The van der Waals surface area contributed by atoms with Crippen LogP contribution in [0.1, 0.15) is 18.9 Å². The zero-order valence-corrected chi connectivity index (χ0v) is 13.6. The Morgan fingerprint density at radius 2 is 1.78 bits per heavy atom. The highest BCUT2D eigenvalue weighted by molar-refractivity contribution is 5.48. The van der Waals surface area contributed by atoms with Gasteiger partial charge in [0.2, 0.25) is 0 Å². The quantitative estimate of drug-likeness (QED) is 0.931. The normalized spacial score (nSPS) is 24.8. The van der Waals surface area contributed by atoms with Crippen LogP contribution < -0.4 is 5.32 Å². The van der Waals surface area contributed by atoms with Crippen molar-refractivity contribution in [2.24, 2.45) is 5.92 Å². The van der Waals surface area contributed by atoms with Gasteiger partial charge in [-0.2, -0.15) is 5.26 Å². The average Bonchev–Trinajstić information content (AvgIpc) is 2.59. The first-order valence-electron chi connectivity index (χ1n) is 8.23. The van der Waals surface area contributed by atoms with E-state index in [0.29, 0.717) is 0 Å². The molecule has 3 nitrogen and oxygen atoms in total. The van der Waals surface area contributed by atoms with Gasteiger partial charge in [-0.3, -0.25) is 4.90 Å². The number of rotatable bonds is 4. The molecule has 0 aromatic heterocycles. The van der Waals surface area contributed by atoms with Gasteiger partial charge in [0.05, 0.1) is 6.07 Å². The smallest absolute Gasteiger partial charge is 0.130 e. The van der Waals surface area contributed by atoms with Crippen LogP contribution in [0.2, 0.25) is 0 Å². The number of nitriles is 1. The third-order valence-electron chi connectivity index (χ3n) is 4.79. The van der Waals surface area contributed by atoms with E-state index in [0.717, 1.165) is 31.7 Å². The lowest BCUT2D eigenvalue weighted by Gasteiger charge is -2.43. The van der Waals surface area contributed by atoms with Crippen LogP contribution in [0, 0.1) is 17.2 Å². The van der Waals surface area contributed by atoms with Crippen LogP contribution in [0.5, 0.6) is 0 Å². The van der Waals surface area contributed by atoms with Gasteiger partial charge in [0.1, 0.15) is 5.54 Å². The zero-order chi connectivity index (χ0) is 16.1. The third-order valence-corrected chi connectivity index (χ3v) is 4.79. The fourth-order valence-corrected chi connectivity index (χ4v) is 3.36. The summed E-state index contributed by atoms with van der Waals surface area (Å²) >= 11 is 0. The lowest BCUT2D eigenvalue weighted by Crippen LogP contribution is -2.54. The lowest BCUT2D eigenvalue weighted by atomic mass is 9.79. The number of anilines is 1. The summed E-state index contributed by atoms with van der Waals surface area (Å²) < 4.78 is 0. The van der Waals surface area contributed by atoms with E-state index in [2.05, 4.69) is 47.5 Å². The number of benzene rings is 2. The number of nitrogens with one attached hydrogen (secondary N) is 1. The van der Waals surface area contributed by atoms with Gasteiger partial charge in [0.15, 0.2) is 0 Å².